The van der Waals surface area contributed by atoms with Crippen LogP contribution in [0.25, 0.3) is 22.3 Å². The average Bonchev–Trinajstić information content (AvgIpc) is 2.72. The van der Waals surface area contributed by atoms with Gasteiger partial charge in [-0.15, -0.1) is 0 Å². The Bertz CT molecular complexity index is 1090. The summed E-state index contributed by atoms with van der Waals surface area (Å²) in [5.41, 5.74) is 1.36. The normalized spacial score (nSPS) is 11.5. The number of para-hydroxylation sites is 1. The molecule has 4 nitrogen and oxygen atoms in total. The zero-order valence-electron chi connectivity index (χ0n) is 14.6. The third-order valence-electron chi connectivity index (χ3n) is 4.24. The van der Waals surface area contributed by atoms with Crippen LogP contribution in [0.5, 0.6) is 0 Å². The highest BCUT2D eigenvalue weighted by Crippen LogP contribution is 2.31. The third kappa shape index (κ3) is 3.78. The SMILES string of the molecule is FC(F)(F)c1ccc(-c2nc(NCc3ccccn3)c3ccccc3n2)cc1. The number of fused-ring (bicyclic) bond motifs is 1. The lowest BCUT2D eigenvalue weighted by molar-refractivity contribution is -0.137. The number of rotatable bonds is 4. The van der Waals surface area contributed by atoms with Crippen LogP contribution in [-0.4, -0.2) is 15.0 Å². The number of nitrogens with one attached hydrogen (secondary N) is 1. The number of benzene rings is 2. The molecule has 140 valence electrons. The molecule has 1 N–H and O–H groups in total. The van der Waals surface area contributed by atoms with Gasteiger partial charge < -0.3 is 5.32 Å². The van der Waals surface area contributed by atoms with Crippen molar-refractivity contribution in [1.82, 2.24) is 15.0 Å². The van der Waals surface area contributed by atoms with Crippen molar-refractivity contribution in [2.24, 2.45) is 0 Å². The highest BCUT2D eigenvalue weighted by Gasteiger charge is 2.30. The second-order valence-corrected chi connectivity index (χ2v) is 6.16. The van der Waals surface area contributed by atoms with Gasteiger partial charge in [0.25, 0.3) is 0 Å². The van der Waals surface area contributed by atoms with E-state index < -0.39 is 11.7 Å². The van der Waals surface area contributed by atoms with E-state index in [1.165, 1.54) is 12.1 Å². The molecule has 0 saturated heterocycles. The summed E-state index contributed by atoms with van der Waals surface area (Å²) < 4.78 is 38.4. The molecule has 0 aliphatic rings. The van der Waals surface area contributed by atoms with Crippen molar-refractivity contribution in [3.05, 3.63) is 84.2 Å². The van der Waals surface area contributed by atoms with Crippen LogP contribution in [0.1, 0.15) is 11.3 Å². The van der Waals surface area contributed by atoms with Gasteiger partial charge in [-0.05, 0) is 36.4 Å². The van der Waals surface area contributed by atoms with Crippen molar-refractivity contribution < 1.29 is 13.2 Å². The van der Waals surface area contributed by atoms with Crippen LogP contribution >= 0.6 is 0 Å². The zero-order valence-corrected chi connectivity index (χ0v) is 14.6. The Morgan fingerprint density at radius 1 is 0.821 bits per heavy atom. The molecule has 0 spiro atoms. The van der Waals surface area contributed by atoms with E-state index in [4.69, 9.17) is 0 Å². The maximum Gasteiger partial charge on any atom is 0.416 e. The smallest absolute Gasteiger partial charge is 0.364 e. The van der Waals surface area contributed by atoms with Crippen molar-refractivity contribution in [3.8, 4) is 11.4 Å². The number of hydrogen-bond acceptors (Lipinski definition) is 4. The molecule has 0 atom stereocenters. The van der Waals surface area contributed by atoms with Crippen molar-refractivity contribution in [2.75, 3.05) is 5.32 Å². The maximum atomic E-state index is 12.8. The van der Waals surface area contributed by atoms with Gasteiger partial charge in [0.15, 0.2) is 5.82 Å². The fourth-order valence-corrected chi connectivity index (χ4v) is 2.83. The van der Waals surface area contributed by atoms with Crippen LogP contribution < -0.4 is 5.32 Å². The molecule has 0 unspecified atom stereocenters. The molecule has 0 fully saturated rings. The first-order chi connectivity index (χ1) is 13.5. The fourth-order valence-electron chi connectivity index (χ4n) is 2.83. The number of halogens is 3. The number of pyridine rings is 1. The van der Waals surface area contributed by atoms with Gasteiger partial charge in [-0.3, -0.25) is 4.98 Å². The van der Waals surface area contributed by atoms with E-state index in [1.54, 1.807) is 6.20 Å². The predicted octanol–water partition coefficient (Wildman–Crippen LogP) is 5.32. The monoisotopic (exact) mass is 380 g/mol. The van der Waals surface area contributed by atoms with Gasteiger partial charge in [0.05, 0.1) is 23.3 Å². The fraction of sp³-hybridized carbons (Fsp3) is 0.0952. The Hall–Kier alpha value is -3.48. The number of aromatic nitrogens is 3. The van der Waals surface area contributed by atoms with Crippen molar-refractivity contribution >= 4 is 16.7 Å². The topological polar surface area (TPSA) is 50.7 Å². The molecule has 2 aromatic heterocycles. The molecule has 0 amide bonds. The quantitative estimate of drug-likeness (QED) is 0.520. The summed E-state index contributed by atoms with van der Waals surface area (Å²) >= 11 is 0. The molecular formula is C21H15F3N4. The lowest BCUT2D eigenvalue weighted by Crippen LogP contribution is -2.06. The molecule has 4 aromatic rings. The lowest BCUT2D eigenvalue weighted by atomic mass is 10.1. The van der Waals surface area contributed by atoms with Gasteiger partial charge in [-0.1, -0.05) is 30.3 Å². The molecule has 4 rings (SSSR count). The number of alkyl halides is 3. The first-order valence-electron chi connectivity index (χ1n) is 8.59. The van der Waals surface area contributed by atoms with Crippen LogP contribution in [0.2, 0.25) is 0 Å². The van der Waals surface area contributed by atoms with Gasteiger partial charge in [-0.25, -0.2) is 9.97 Å². The van der Waals surface area contributed by atoms with E-state index in [0.29, 0.717) is 29.3 Å². The zero-order chi connectivity index (χ0) is 19.6. The van der Waals surface area contributed by atoms with Crippen LogP contribution in [0, 0.1) is 0 Å². The second-order valence-electron chi connectivity index (χ2n) is 6.16. The summed E-state index contributed by atoms with van der Waals surface area (Å²) in [5, 5.41) is 4.08. The van der Waals surface area contributed by atoms with E-state index in [2.05, 4.69) is 20.3 Å². The van der Waals surface area contributed by atoms with Gasteiger partial charge in [0.1, 0.15) is 5.82 Å². The highest BCUT2D eigenvalue weighted by molar-refractivity contribution is 5.90. The van der Waals surface area contributed by atoms with E-state index in [0.717, 1.165) is 23.2 Å². The second kappa shape index (κ2) is 7.26. The van der Waals surface area contributed by atoms with Crippen molar-refractivity contribution in [3.63, 3.8) is 0 Å². The van der Waals surface area contributed by atoms with Crippen molar-refractivity contribution in [1.29, 1.82) is 0 Å². The standard InChI is InChI=1S/C21H15F3N4/c22-21(23,24)15-10-8-14(9-11-15)19-27-18-7-2-1-6-17(18)20(28-19)26-13-16-5-3-4-12-25-16/h1-12H,13H2,(H,26,27,28). The lowest BCUT2D eigenvalue weighted by Gasteiger charge is -2.11. The number of hydrogen-bond donors (Lipinski definition) is 1. The Balaban J connectivity index is 1.71. The molecule has 0 aliphatic heterocycles. The Labute approximate surface area is 159 Å². The molecule has 0 bridgehead atoms. The van der Waals surface area contributed by atoms with Crippen LogP contribution in [0.3, 0.4) is 0 Å². The van der Waals surface area contributed by atoms with E-state index >= 15 is 0 Å². The average molecular weight is 380 g/mol. The Kier molecular flexibility index (Phi) is 4.65. The molecular weight excluding hydrogens is 365 g/mol. The molecule has 0 aliphatic carbocycles. The van der Waals surface area contributed by atoms with E-state index in [9.17, 15) is 13.2 Å². The summed E-state index contributed by atoms with van der Waals surface area (Å²) in [6, 6.07) is 18.0. The Morgan fingerprint density at radius 3 is 2.29 bits per heavy atom. The largest absolute Gasteiger partial charge is 0.416 e. The first-order valence-corrected chi connectivity index (χ1v) is 8.59. The van der Waals surface area contributed by atoms with Gasteiger partial charge in [0.2, 0.25) is 0 Å². The van der Waals surface area contributed by atoms with E-state index in [1.807, 2.05) is 42.5 Å². The summed E-state index contributed by atoms with van der Waals surface area (Å²) in [6.07, 6.45) is -2.67. The van der Waals surface area contributed by atoms with Crippen LogP contribution in [-0.2, 0) is 12.7 Å². The summed E-state index contributed by atoms with van der Waals surface area (Å²) in [5.74, 6) is 0.960. The summed E-state index contributed by atoms with van der Waals surface area (Å²) in [7, 11) is 0. The molecule has 2 aromatic carbocycles. The molecule has 7 heteroatoms. The minimum Gasteiger partial charge on any atom is -0.364 e. The molecule has 0 saturated carbocycles. The Morgan fingerprint density at radius 2 is 1.57 bits per heavy atom. The minimum absolute atomic E-state index is 0.357. The van der Waals surface area contributed by atoms with Gasteiger partial charge in [0, 0.05) is 17.1 Å². The molecule has 2 heterocycles. The minimum atomic E-state index is -4.38. The van der Waals surface area contributed by atoms with Gasteiger partial charge in [-0.2, -0.15) is 13.2 Å². The van der Waals surface area contributed by atoms with E-state index in [-0.39, 0.29) is 0 Å². The third-order valence-corrected chi connectivity index (χ3v) is 4.24. The summed E-state index contributed by atoms with van der Waals surface area (Å²) in [4.78, 5) is 13.3. The molecule has 0 radical (unpaired) electrons. The molecule has 28 heavy (non-hydrogen) atoms. The van der Waals surface area contributed by atoms with Crippen LogP contribution in [0.15, 0.2) is 72.9 Å². The predicted molar refractivity (Wildman–Crippen MR) is 102 cm³/mol. The van der Waals surface area contributed by atoms with Gasteiger partial charge >= 0.3 is 6.18 Å². The number of nitrogens with zero attached hydrogens (tertiary/aromatic N) is 3. The highest BCUT2D eigenvalue weighted by atomic mass is 19.4. The number of anilines is 1. The van der Waals surface area contributed by atoms with Crippen LogP contribution in [0.4, 0.5) is 19.0 Å². The first kappa shape index (κ1) is 17.9. The van der Waals surface area contributed by atoms with Crippen molar-refractivity contribution in [2.45, 2.75) is 12.7 Å². The summed E-state index contributed by atoms with van der Waals surface area (Å²) in [6.45, 7) is 0.467. The maximum absolute atomic E-state index is 12.8.